The predicted octanol–water partition coefficient (Wildman–Crippen LogP) is 0.763. The van der Waals surface area contributed by atoms with Crippen molar-refractivity contribution in [2.45, 2.75) is 0 Å². The minimum atomic E-state index is -0.511. The number of aromatic amines is 1. The van der Waals surface area contributed by atoms with Crippen LogP contribution >= 0.6 is 0 Å². The highest BCUT2D eigenvalue weighted by Gasteiger charge is 2.12. The summed E-state index contributed by atoms with van der Waals surface area (Å²) in [5.74, 6) is -0.366. The molecule has 0 saturated heterocycles. The zero-order valence-corrected chi connectivity index (χ0v) is 7.64. The van der Waals surface area contributed by atoms with Crippen LogP contribution < -0.4 is 5.32 Å². The van der Waals surface area contributed by atoms with E-state index in [1.807, 2.05) is 0 Å². The summed E-state index contributed by atoms with van der Waals surface area (Å²) >= 11 is 0. The Balaban J connectivity index is 2.19. The highest BCUT2D eigenvalue weighted by atomic mass is 16.3. The van der Waals surface area contributed by atoms with E-state index in [4.69, 9.17) is 0 Å². The molecule has 2 aromatic heterocycles. The molecule has 2 heterocycles. The van der Waals surface area contributed by atoms with E-state index in [0.717, 1.165) is 0 Å². The van der Waals surface area contributed by atoms with Gasteiger partial charge in [0.1, 0.15) is 5.75 Å². The second kappa shape index (κ2) is 3.79. The number of hydrogen-bond donors (Lipinski definition) is 3. The molecule has 1 amide bonds. The number of aromatic hydroxyl groups is 1. The van der Waals surface area contributed by atoms with E-state index in [9.17, 15) is 9.90 Å². The second-order valence-corrected chi connectivity index (χ2v) is 2.76. The Bertz CT molecular complexity index is 467. The topological polar surface area (TPSA) is 90.9 Å². The number of aromatic nitrogens is 3. The normalized spacial score (nSPS) is 9.87. The Morgan fingerprint density at radius 3 is 2.93 bits per heavy atom. The van der Waals surface area contributed by atoms with Crippen molar-refractivity contribution in [2.75, 3.05) is 5.32 Å². The molecular weight excluding hydrogens is 196 g/mol. The van der Waals surface area contributed by atoms with E-state index in [1.165, 1.54) is 18.5 Å². The molecule has 0 aliphatic carbocycles. The number of carbonyl (C=O) groups excluding carboxylic acids is 1. The molecule has 2 aromatic rings. The van der Waals surface area contributed by atoms with E-state index < -0.39 is 5.91 Å². The van der Waals surface area contributed by atoms with Crippen molar-refractivity contribution in [2.24, 2.45) is 0 Å². The first-order valence-electron chi connectivity index (χ1n) is 4.22. The highest BCUT2D eigenvalue weighted by molar-refractivity contribution is 6.03. The predicted molar refractivity (Wildman–Crippen MR) is 52.4 cm³/mol. The first-order chi connectivity index (χ1) is 7.27. The molecule has 6 heteroatoms. The lowest BCUT2D eigenvalue weighted by Crippen LogP contribution is -2.14. The average Bonchev–Trinajstić information content (AvgIpc) is 2.71. The third-order valence-corrected chi connectivity index (χ3v) is 1.73. The molecule has 0 aliphatic rings. The zero-order chi connectivity index (χ0) is 10.7. The lowest BCUT2D eigenvalue weighted by atomic mass is 10.3. The molecule has 0 unspecified atom stereocenters. The second-order valence-electron chi connectivity index (χ2n) is 2.76. The molecule has 76 valence electrons. The van der Waals surface area contributed by atoms with E-state index in [-0.39, 0.29) is 11.4 Å². The summed E-state index contributed by atoms with van der Waals surface area (Å²) in [6.45, 7) is 0. The monoisotopic (exact) mass is 204 g/mol. The Labute approximate surface area is 85.0 Å². The highest BCUT2D eigenvalue weighted by Crippen LogP contribution is 2.13. The average molecular weight is 204 g/mol. The first kappa shape index (κ1) is 9.20. The number of nitrogens with one attached hydrogen (secondary N) is 2. The molecule has 0 atom stereocenters. The maximum atomic E-state index is 11.5. The number of rotatable bonds is 2. The van der Waals surface area contributed by atoms with Gasteiger partial charge in [0, 0.05) is 18.6 Å². The molecule has 0 radical (unpaired) electrons. The number of carbonyl (C=O) groups is 1. The minimum Gasteiger partial charge on any atom is -0.505 e. The van der Waals surface area contributed by atoms with Gasteiger partial charge in [-0.05, 0) is 12.1 Å². The van der Waals surface area contributed by atoms with Crippen LogP contribution in [0.4, 0.5) is 5.95 Å². The van der Waals surface area contributed by atoms with Crippen molar-refractivity contribution in [1.82, 2.24) is 15.0 Å². The van der Waals surface area contributed by atoms with Crippen LogP contribution in [0.15, 0.2) is 30.7 Å². The van der Waals surface area contributed by atoms with Gasteiger partial charge in [-0.25, -0.2) is 9.97 Å². The third-order valence-electron chi connectivity index (χ3n) is 1.73. The molecule has 0 spiro atoms. The molecule has 3 N–H and O–H groups in total. The molecule has 15 heavy (non-hydrogen) atoms. The van der Waals surface area contributed by atoms with E-state index in [0.29, 0.717) is 5.95 Å². The summed E-state index contributed by atoms with van der Waals surface area (Å²) in [6, 6.07) is 2.93. The number of hydrogen-bond acceptors (Lipinski definition) is 4. The lowest BCUT2D eigenvalue weighted by molar-refractivity contribution is 0.101. The maximum Gasteiger partial charge on any atom is 0.280 e. The number of nitrogens with zero attached hydrogens (tertiary/aromatic N) is 2. The molecule has 0 fully saturated rings. The van der Waals surface area contributed by atoms with Crippen LogP contribution in [0.25, 0.3) is 0 Å². The number of H-pyrrole nitrogens is 1. The Morgan fingerprint density at radius 2 is 2.27 bits per heavy atom. The van der Waals surface area contributed by atoms with Gasteiger partial charge in [-0.15, -0.1) is 0 Å². The van der Waals surface area contributed by atoms with E-state index >= 15 is 0 Å². The standard InChI is InChI=1S/C9H8N4O2/c14-6-2-1-3-10-7(6)8(15)13-9-11-4-5-12-9/h1-5,14H,(H2,11,12,13,15). The van der Waals surface area contributed by atoms with Gasteiger partial charge >= 0.3 is 0 Å². The Morgan fingerprint density at radius 1 is 1.40 bits per heavy atom. The zero-order valence-electron chi connectivity index (χ0n) is 7.64. The Hall–Kier alpha value is -2.37. The van der Waals surface area contributed by atoms with Crippen LogP contribution in [0.2, 0.25) is 0 Å². The fourth-order valence-electron chi connectivity index (χ4n) is 1.07. The molecular formula is C9H8N4O2. The summed E-state index contributed by atoms with van der Waals surface area (Å²) in [6.07, 6.45) is 4.51. The minimum absolute atomic E-state index is 0.0334. The van der Waals surface area contributed by atoms with Crippen LogP contribution in [0.1, 0.15) is 10.5 Å². The fraction of sp³-hybridized carbons (Fsp3) is 0. The molecule has 6 nitrogen and oxygen atoms in total. The summed E-state index contributed by atoms with van der Waals surface area (Å²) < 4.78 is 0. The number of amides is 1. The number of imidazole rings is 1. The summed E-state index contributed by atoms with van der Waals surface area (Å²) in [7, 11) is 0. The molecule has 0 saturated carbocycles. The molecule has 0 aromatic carbocycles. The van der Waals surface area contributed by atoms with E-state index in [1.54, 1.807) is 12.3 Å². The van der Waals surface area contributed by atoms with Crippen molar-refractivity contribution in [3.8, 4) is 5.75 Å². The van der Waals surface area contributed by atoms with Gasteiger partial charge < -0.3 is 10.1 Å². The molecule has 0 aliphatic heterocycles. The first-order valence-corrected chi connectivity index (χ1v) is 4.22. The van der Waals surface area contributed by atoms with Gasteiger partial charge in [0.05, 0.1) is 0 Å². The van der Waals surface area contributed by atoms with Crippen LogP contribution in [0, 0.1) is 0 Å². The van der Waals surface area contributed by atoms with Crippen LogP contribution in [0.5, 0.6) is 5.75 Å². The van der Waals surface area contributed by atoms with Gasteiger partial charge in [-0.2, -0.15) is 0 Å². The quantitative estimate of drug-likeness (QED) is 0.673. The molecule has 2 rings (SSSR count). The summed E-state index contributed by atoms with van der Waals surface area (Å²) in [4.78, 5) is 21.8. The van der Waals surface area contributed by atoms with Gasteiger partial charge in [-0.1, -0.05) is 0 Å². The SMILES string of the molecule is O=C(Nc1ncc[nH]1)c1ncccc1O. The van der Waals surface area contributed by atoms with Crippen molar-refractivity contribution < 1.29 is 9.90 Å². The van der Waals surface area contributed by atoms with Crippen molar-refractivity contribution in [1.29, 1.82) is 0 Å². The van der Waals surface area contributed by atoms with Gasteiger partial charge in [0.25, 0.3) is 5.91 Å². The smallest absolute Gasteiger partial charge is 0.280 e. The van der Waals surface area contributed by atoms with Gasteiger partial charge in [-0.3, -0.25) is 10.1 Å². The van der Waals surface area contributed by atoms with Crippen LogP contribution in [-0.4, -0.2) is 26.0 Å². The maximum absolute atomic E-state index is 11.5. The summed E-state index contributed by atoms with van der Waals surface area (Å²) in [5, 5.41) is 11.8. The van der Waals surface area contributed by atoms with E-state index in [2.05, 4.69) is 20.3 Å². The van der Waals surface area contributed by atoms with Crippen molar-refractivity contribution in [3.05, 3.63) is 36.4 Å². The number of anilines is 1. The van der Waals surface area contributed by atoms with Gasteiger partial charge in [0.2, 0.25) is 5.95 Å². The third kappa shape index (κ3) is 1.93. The summed E-state index contributed by atoms with van der Waals surface area (Å²) in [5.41, 5.74) is -0.0334. The number of pyridine rings is 1. The van der Waals surface area contributed by atoms with Crippen molar-refractivity contribution >= 4 is 11.9 Å². The van der Waals surface area contributed by atoms with Crippen molar-refractivity contribution in [3.63, 3.8) is 0 Å². The molecule has 0 bridgehead atoms. The fourth-order valence-corrected chi connectivity index (χ4v) is 1.07. The van der Waals surface area contributed by atoms with Crippen LogP contribution in [-0.2, 0) is 0 Å². The lowest BCUT2D eigenvalue weighted by Gasteiger charge is -2.02. The largest absolute Gasteiger partial charge is 0.505 e. The van der Waals surface area contributed by atoms with Gasteiger partial charge in [0.15, 0.2) is 5.69 Å². The Kier molecular flexibility index (Phi) is 2.32. The van der Waals surface area contributed by atoms with Crippen LogP contribution in [0.3, 0.4) is 0 Å².